The summed E-state index contributed by atoms with van der Waals surface area (Å²) in [5.41, 5.74) is 2.11. The van der Waals surface area contributed by atoms with Crippen molar-refractivity contribution in [2.24, 2.45) is 0 Å². The van der Waals surface area contributed by atoms with Gasteiger partial charge >= 0.3 is 5.63 Å². The van der Waals surface area contributed by atoms with Gasteiger partial charge in [0, 0.05) is 22.6 Å². The lowest BCUT2D eigenvalue weighted by Crippen LogP contribution is -1.94. The van der Waals surface area contributed by atoms with Crippen LogP contribution in [-0.2, 0) is 0 Å². The number of benzene rings is 2. The van der Waals surface area contributed by atoms with Gasteiger partial charge in [-0.25, -0.2) is 4.79 Å². The summed E-state index contributed by atoms with van der Waals surface area (Å²) in [5.74, 6) is 6.19. The standard InChI is InChI=1S/C17H10O2/c18-17-11-9-15-12-14(8-10-16(15)19-17)7-6-13-4-2-1-3-5-13/h1-5,8-12H. The minimum atomic E-state index is -0.337. The zero-order valence-corrected chi connectivity index (χ0v) is 10.1. The molecule has 1 aromatic heterocycles. The van der Waals surface area contributed by atoms with Crippen LogP contribution in [-0.4, -0.2) is 0 Å². The second-order valence-electron chi connectivity index (χ2n) is 4.12. The fourth-order valence-corrected chi connectivity index (χ4v) is 1.82. The summed E-state index contributed by atoms with van der Waals surface area (Å²) < 4.78 is 5.08. The van der Waals surface area contributed by atoms with E-state index in [1.54, 1.807) is 12.1 Å². The van der Waals surface area contributed by atoms with Crippen molar-refractivity contribution in [3.8, 4) is 11.8 Å². The first-order chi connectivity index (χ1) is 9.31. The Labute approximate surface area is 110 Å². The van der Waals surface area contributed by atoms with E-state index in [9.17, 15) is 4.79 Å². The summed E-state index contributed by atoms with van der Waals surface area (Å²) in [6.45, 7) is 0. The molecular formula is C17H10O2. The Morgan fingerprint density at radius 2 is 1.58 bits per heavy atom. The molecular weight excluding hydrogens is 236 g/mol. The Kier molecular flexibility index (Phi) is 2.88. The fourth-order valence-electron chi connectivity index (χ4n) is 1.82. The molecule has 3 aromatic rings. The smallest absolute Gasteiger partial charge is 0.336 e. The molecule has 0 aliphatic heterocycles. The molecule has 2 nitrogen and oxygen atoms in total. The average molecular weight is 246 g/mol. The van der Waals surface area contributed by atoms with E-state index in [1.165, 1.54) is 6.07 Å². The Bertz CT molecular complexity index is 834. The second kappa shape index (κ2) is 4.83. The van der Waals surface area contributed by atoms with Crippen molar-refractivity contribution in [2.75, 3.05) is 0 Å². The van der Waals surface area contributed by atoms with Crippen LogP contribution in [0.1, 0.15) is 11.1 Å². The molecule has 90 valence electrons. The number of hydrogen-bond donors (Lipinski definition) is 0. The van der Waals surface area contributed by atoms with Crippen LogP contribution in [0.4, 0.5) is 0 Å². The van der Waals surface area contributed by atoms with Crippen molar-refractivity contribution in [3.63, 3.8) is 0 Å². The van der Waals surface area contributed by atoms with Crippen LogP contribution < -0.4 is 5.63 Å². The zero-order valence-electron chi connectivity index (χ0n) is 10.1. The van der Waals surface area contributed by atoms with Gasteiger partial charge in [0.15, 0.2) is 0 Å². The van der Waals surface area contributed by atoms with Crippen molar-refractivity contribution >= 4 is 11.0 Å². The Morgan fingerprint density at radius 1 is 0.789 bits per heavy atom. The van der Waals surface area contributed by atoms with Gasteiger partial charge < -0.3 is 4.42 Å². The molecule has 0 aliphatic carbocycles. The first-order valence-electron chi connectivity index (χ1n) is 5.92. The summed E-state index contributed by atoms with van der Waals surface area (Å²) in [7, 11) is 0. The topological polar surface area (TPSA) is 30.2 Å². The fraction of sp³-hybridized carbons (Fsp3) is 0. The Balaban J connectivity index is 2.01. The van der Waals surface area contributed by atoms with Crippen LogP contribution in [0.15, 0.2) is 69.9 Å². The summed E-state index contributed by atoms with van der Waals surface area (Å²) in [4.78, 5) is 11.1. The first-order valence-corrected chi connectivity index (χ1v) is 5.92. The Hall–Kier alpha value is -2.79. The van der Waals surface area contributed by atoms with E-state index in [-0.39, 0.29) is 5.63 Å². The molecule has 2 aromatic carbocycles. The molecule has 19 heavy (non-hydrogen) atoms. The molecule has 0 spiro atoms. The van der Waals surface area contributed by atoms with E-state index in [2.05, 4.69) is 11.8 Å². The van der Waals surface area contributed by atoms with E-state index in [4.69, 9.17) is 4.42 Å². The largest absolute Gasteiger partial charge is 0.423 e. The van der Waals surface area contributed by atoms with Crippen molar-refractivity contribution in [1.29, 1.82) is 0 Å². The van der Waals surface area contributed by atoms with Crippen LogP contribution in [0.3, 0.4) is 0 Å². The highest BCUT2D eigenvalue weighted by molar-refractivity contribution is 5.78. The summed E-state index contributed by atoms with van der Waals surface area (Å²) in [6.07, 6.45) is 0. The van der Waals surface area contributed by atoms with E-state index >= 15 is 0 Å². The minimum absolute atomic E-state index is 0.337. The predicted molar refractivity (Wildman–Crippen MR) is 74.9 cm³/mol. The van der Waals surface area contributed by atoms with Gasteiger partial charge in [-0.2, -0.15) is 0 Å². The molecule has 0 unspecified atom stereocenters. The molecule has 0 saturated carbocycles. The lowest BCUT2D eigenvalue weighted by atomic mass is 10.1. The maximum absolute atomic E-state index is 11.1. The third-order valence-corrected chi connectivity index (χ3v) is 2.74. The molecule has 2 heteroatoms. The summed E-state index contributed by atoms with van der Waals surface area (Å²) in [5, 5.41) is 0.875. The van der Waals surface area contributed by atoms with Crippen molar-refractivity contribution in [3.05, 3.63) is 82.2 Å². The summed E-state index contributed by atoms with van der Waals surface area (Å²) in [6, 6.07) is 18.5. The molecule has 0 amide bonds. The molecule has 0 N–H and O–H groups in total. The van der Waals surface area contributed by atoms with Crippen molar-refractivity contribution < 1.29 is 4.42 Å². The van der Waals surface area contributed by atoms with Crippen molar-refractivity contribution in [1.82, 2.24) is 0 Å². The summed E-state index contributed by atoms with van der Waals surface area (Å²) >= 11 is 0. The maximum atomic E-state index is 11.1. The van der Waals surface area contributed by atoms with Gasteiger partial charge in [-0.05, 0) is 36.4 Å². The molecule has 3 rings (SSSR count). The monoisotopic (exact) mass is 246 g/mol. The molecule has 0 radical (unpaired) electrons. The van der Waals surface area contributed by atoms with Gasteiger partial charge in [-0.3, -0.25) is 0 Å². The van der Waals surface area contributed by atoms with E-state index in [0.717, 1.165) is 16.5 Å². The third kappa shape index (κ3) is 2.56. The number of rotatable bonds is 0. The minimum Gasteiger partial charge on any atom is -0.423 e. The SMILES string of the molecule is O=c1ccc2cc(C#Cc3ccccc3)ccc2o1. The van der Waals surface area contributed by atoms with Gasteiger partial charge in [0.25, 0.3) is 0 Å². The van der Waals surface area contributed by atoms with Gasteiger partial charge in [-0.15, -0.1) is 0 Å². The molecule has 0 bridgehead atoms. The molecule has 0 atom stereocenters. The van der Waals surface area contributed by atoms with E-state index in [0.29, 0.717) is 5.58 Å². The van der Waals surface area contributed by atoms with Crippen LogP contribution in [0.25, 0.3) is 11.0 Å². The van der Waals surface area contributed by atoms with Crippen LogP contribution in [0.2, 0.25) is 0 Å². The zero-order chi connectivity index (χ0) is 13.1. The predicted octanol–water partition coefficient (Wildman–Crippen LogP) is 3.19. The molecule has 1 heterocycles. The van der Waals surface area contributed by atoms with Crippen molar-refractivity contribution in [2.45, 2.75) is 0 Å². The highest BCUT2D eigenvalue weighted by Crippen LogP contribution is 2.13. The highest BCUT2D eigenvalue weighted by Gasteiger charge is 1.97. The average Bonchev–Trinajstić information content (AvgIpc) is 2.46. The maximum Gasteiger partial charge on any atom is 0.336 e. The van der Waals surface area contributed by atoms with Crippen LogP contribution >= 0.6 is 0 Å². The van der Waals surface area contributed by atoms with Gasteiger partial charge in [0.2, 0.25) is 0 Å². The quantitative estimate of drug-likeness (QED) is 0.450. The van der Waals surface area contributed by atoms with Gasteiger partial charge in [0.05, 0.1) is 0 Å². The Morgan fingerprint density at radius 3 is 2.42 bits per heavy atom. The van der Waals surface area contributed by atoms with Crippen LogP contribution in [0, 0.1) is 11.8 Å². The number of hydrogen-bond acceptors (Lipinski definition) is 2. The lowest BCUT2D eigenvalue weighted by molar-refractivity contribution is 0.561. The lowest BCUT2D eigenvalue weighted by Gasteiger charge is -1.96. The van der Waals surface area contributed by atoms with Gasteiger partial charge in [-0.1, -0.05) is 30.0 Å². The third-order valence-electron chi connectivity index (χ3n) is 2.74. The normalized spacial score (nSPS) is 9.89. The van der Waals surface area contributed by atoms with Gasteiger partial charge in [0.1, 0.15) is 5.58 Å². The van der Waals surface area contributed by atoms with E-state index in [1.807, 2.05) is 42.5 Å². The highest BCUT2D eigenvalue weighted by atomic mass is 16.4. The molecule has 0 aliphatic rings. The molecule has 0 fully saturated rings. The first kappa shape index (κ1) is 11.3. The second-order valence-corrected chi connectivity index (χ2v) is 4.12. The number of fused-ring (bicyclic) bond motifs is 1. The van der Waals surface area contributed by atoms with Crippen LogP contribution in [0.5, 0.6) is 0 Å². The van der Waals surface area contributed by atoms with E-state index < -0.39 is 0 Å². The molecule has 0 saturated heterocycles.